The van der Waals surface area contributed by atoms with Crippen LogP contribution in [0.5, 0.6) is 0 Å². The lowest BCUT2D eigenvalue weighted by Crippen LogP contribution is -2.13. The van der Waals surface area contributed by atoms with E-state index in [4.69, 9.17) is 9.47 Å². The maximum absolute atomic E-state index is 12.0. The average molecular weight is 308 g/mol. The van der Waals surface area contributed by atoms with Gasteiger partial charge in [0.15, 0.2) is 5.13 Å². The summed E-state index contributed by atoms with van der Waals surface area (Å²) in [6.07, 6.45) is 0.739. The number of thiazole rings is 1. The second-order valence-corrected chi connectivity index (χ2v) is 5.78. The lowest BCUT2D eigenvalue weighted by molar-refractivity contribution is 0.0334. The minimum Gasteiger partial charge on any atom is -0.459 e. The van der Waals surface area contributed by atoms with Crippen LogP contribution >= 0.6 is 11.3 Å². The number of ether oxygens (including phenoxy) is 2. The Morgan fingerprint density at radius 2 is 2.29 bits per heavy atom. The molecule has 6 heteroatoms. The molecule has 0 spiro atoms. The number of hydrogen-bond donors (Lipinski definition) is 1. The number of aromatic nitrogens is 1. The molecule has 0 aliphatic carbocycles. The van der Waals surface area contributed by atoms with Gasteiger partial charge in [-0.05, 0) is 31.5 Å². The fraction of sp³-hybridized carbons (Fsp3) is 0.467. The zero-order valence-electron chi connectivity index (χ0n) is 12.5. The Morgan fingerprint density at radius 1 is 1.48 bits per heavy atom. The molecule has 1 aromatic heterocycles. The van der Waals surface area contributed by atoms with E-state index in [0.29, 0.717) is 18.7 Å². The summed E-state index contributed by atoms with van der Waals surface area (Å²) >= 11 is 1.52. The second kappa shape index (κ2) is 7.38. The Kier molecular flexibility index (Phi) is 5.52. The van der Waals surface area contributed by atoms with Crippen LogP contribution in [-0.2, 0) is 9.47 Å². The molecule has 1 N–H and O–H groups in total. The lowest BCUT2D eigenvalue weighted by atomic mass is 10.2. The fourth-order valence-corrected chi connectivity index (χ4v) is 2.65. The predicted octanol–water partition coefficient (Wildman–Crippen LogP) is 3.31. The van der Waals surface area contributed by atoms with Crippen LogP contribution in [-0.4, -0.2) is 37.3 Å². The SMILES string of the molecule is CCC(C)OC(=O)c1ccc2nc(NCCOC)sc2c1. The number of fused-ring (bicyclic) bond motifs is 1. The van der Waals surface area contributed by atoms with Gasteiger partial charge in [0.2, 0.25) is 0 Å². The minimum atomic E-state index is -0.284. The van der Waals surface area contributed by atoms with Crippen molar-refractivity contribution in [2.75, 3.05) is 25.6 Å². The molecule has 2 rings (SSSR count). The first-order valence-corrected chi connectivity index (χ1v) is 7.80. The van der Waals surface area contributed by atoms with Crippen LogP contribution in [0, 0.1) is 0 Å². The van der Waals surface area contributed by atoms with Gasteiger partial charge in [-0.3, -0.25) is 0 Å². The third-order valence-corrected chi connectivity index (χ3v) is 4.07. The van der Waals surface area contributed by atoms with Crippen molar-refractivity contribution >= 4 is 32.7 Å². The minimum absolute atomic E-state index is 0.0686. The smallest absolute Gasteiger partial charge is 0.338 e. The van der Waals surface area contributed by atoms with Crippen LogP contribution in [0.25, 0.3) is 10.2 Å². The van der Waals surface area contributed by atoms with E-state index < -0.39 is 0 Å². The highest BCUT2D eigenvalue weighted by atomic mass is 32.1. The molecule has 21 heavy (non-hydrogen) atoms. The monoisotopic (exact) mass is 308 g/mol. The standard InChI is InChI=1S/C15H20N2O3S/c1-4-10(2)20-14(18)11-5-6-12-13(9-11)21-15(17-12)16-7-8-19-3/h5-6,9-10H,4,7-8H2,1-3H3,(H,16,17). The van der Waals surface area contributed by atoms with Crippen molar-refractivity contribution in [1.29, 1.82) is 0 Å². The molecule has 0 bridgehead atoms. The zero-order valence-corrected chi connectivity index (χ0v) is 13.3. The maximum atomic E-state index is 12.0. The number of rotatable bonds is 7. The Morgan fingerprint density at radius 3 is 3.00 bits per heavy atom. The Hall–Kier alpha value is -1.66. The molecule has 5 nitrogen and oxygen atoms in total. The van der Waals surface area contributed by atoms with E-state index in [9.17, 15) is 4.79 Å². The molecule has 114 valence electrons. The third-order valence-electron chi connectivity index (χ3n) is 3.09. The van der Waals surface area contributed by atoms with Crippen LogP contribution < -0.4 is 5.32 Å². The predicted molar refractivity (Wildman–Crippen MR) is 85.2 cm³/mol. The fourth-order valence-electron chi connectivity index (χ4n) is 1.72. The first-order valence-electron chi connectivity index (χ1n) is 6.98. The van der Waals surface area contributed by atoms with E-state index in [1.165, 1.54) is 11.3 Å². The molecular weight excluding hydrogens is 288 g/mol. The van der Waals surface area contributed by atoms with Crippen LogP contribution in [0.3, 0.4) is 0 Å². The van der Waals surface area contributed by atoms with Gasteiger partial charge in [0.05, 0.1) is 28.5 Å². The summed E-state index contributed by atoms with van der Waals surface area (Å²) in [5.41, 5.74) is 1.44. The number of esters is 1. The molecule has 2 aromatic rings. The van der Waals surface area contributed by atoms with E-state index >= 15 is 0 Å². The first-order chi connectivity index (χ1) is 10.1. The van der Waals surface area contributed by atoms with Gasteiger partial charge < -0.3 is 14.8 Å². The van der Waals surface area contributed by atoms with Crippen molar-refractivity contribution in [3.05, 3.63) is 23.8 Å². The highest BCUT2D eigenvalue weighted by Gasteiger charge is 2.13. The molecule has 0 aliphatic heterocycles. The number of benzene rings is 1. The van der Waals surface area contributed by atoms with Gasteiger partial charge >= 0.3 is 5.97 Å². The van der Waals surface area contributed by atoms with Gasteiger partial charge in [-0.1, -0.05) is 18.3 Å². The van der Waals surface area contributed by atoms with Crippen molar-refractivity contribution in [2.24, 2.45) is 0 Å². The number of anilines is 1. The van der Waals surface area contributed by atoms with Crippen LogP contribution in [0.1, 0.15) is 30.6 Å². The van der Waals surface area contributed by atoms with Gasteiger partial charge in [0.1, 0.15) is 0 Å². The summed E-state index contributed by atoms with van der Waals surface area (Å²) in [4.78, 5) is 16.5. The molecule has 0 radical (unpaired) electrons. The van der Waals surface area contributed by atoms with Crippen molar-refractivity contribution in [3.63, 3.8) is 0 Å². The molecule has 0 fully saturated rings. The zero-order chi connectivity index (χ0) is 15.2. The summed E-state index contributed by atoms with van der Waals surface area (Å²) in [6, 6.07) is 5.44. The molecule has 0 aliphatic rings. The van der Waals surface area contributed by atoms with E-state index in [1.54, 1.807) is 13.2 Å². The van der Waals surface area contributed by atoms with Crippen molar-refractivity contribution in [2.45, 2.75) is 26.4 Å². The topological polar surface area (TPSA) is 60.5 Å². The molecule has 0 saturated heterocycles. The quantitative estimate of drug-likeness (QED) is 0.628. The molecule has 1 unspecified atom stereocenters. The summed E-state index contributed by atoms with van der Waals surface area (Å²) in [5, 5.41) is 4.02. The molecule has 1 aromatic carbocycles. The van der Waals surface area contributed by atoms with Crippen molar-refractivity contribution in [3.8, 4) is 0 Å². The number of nitrogens with one attached hydrogen (secondary N) is 1. The number of hydrogen-bond acceptors (Lipinski definition) is 6. The Bertz CT molecular complexity index is 612. The number of carbonyl (C=O) groups excluding carboxylic acids is 1. The van der Waals surface area contributed by atoms with Gasteiger partial charge in [-0.25, -0.2) is 9.78 Å². The number of carbonyl (C=O) groups is 1. The summed E-state index contributed by atoms with van der Waals surface area (Å²) in [6.45, 7) is 5.21. The highest BCUT2D eigenvalue weighted by Crippen LogP contribution is 2.27. The van der Waals surface area contributed by atoms with Crippen LogP contribution in [0.2, 0.25) is 0 Å². The van der Waals surface area contributed by atoms with Gasteiger partial charge in [-0.15, -0.1) is 0 Å². The second-order valence-electron chi connectivity index (χ2n) is 4.75. The normalized spacial score (nSPS) is 12.3. The summed E-state index contributed by atoms with van der Waals surface area (Å²) < 4.78 is 11.3. The van der Waals surface area contributed by atoms with Gasteiger partial charge in [-0.2, -0.15) is 0 Å². The van der Waals surface area contributed by atoms with E-state index in [0.717, 1.165) is 21.8 Å². The van der Waals surface area contributed by atoms with Crippen LogP contribution in [0.15, 0.2) is 18.2 Å². The Labute approximate surface area is 128 Å². The summed E-state index contributed by atoms with van der Waals surface area (Å²) in [7, 11) is 1.66. The number of methoxy groups -OCH3 is 1. The van der Waals surface area contributed by atoms with E-state index in [2.05, 4.69) is 10.3 Å². The largest absolute Gasteiger partial charge is 0.459 e. The number of nitrogens with zero attached hydrogens (tertiary/aromatic N) is 1. The van der Waals surface area contributed by atoms with Crippen molar-refractivity contribution < 1.29 is 14.3 Å². The van der Waals surface area contributed by atoms with Crippen molar-refractivity contribution in [1.82, 2.24) is 4.98 Å². The van der Waals surface area contributed by atoms with E-state index in [-0.39, 0.29) is 12.1 Å². The lowest BCUT2D eigenvalue weighted by Gasteiger charge is -2.10. The van der Waals surface area contributed by atoms with Crippen LogP contribution in [0.4, 0.5) is 5.13 Å². The Balaban J connectivity index is 2.11. The van der Waals surface area contributed by atoms with E-state index in [1.807, 2.05) is 26.0 Å². The highest BCUT2D eigenvalue weighted by molar-refractivity contribution is 7.22. The molecule has 1 heterocycles. The third kappa shape index (κ3) is 4.15. The average Bonchev–Trinajstić information content (AvgIpc) is 2.88. The molecule has 0 amide bonds. The maximum Gasteiger partial charge on any atom is 0.338 e. The first kappa shape index (κ1) is 15.7. The molecular formula is C15H20N2O3S. The van der Waals surface area contributed by atoms with Gasteiger partial charge in [0.25, 0.3) is 0 Å². The molecule has 1 atom stereocenters. The van der Waals surface area contributed by atoms with Gasteiger partial charge in [0, 0.05) is 13.7 Å². The summed E-state index contributed by atoms with van der Waals surface area (Å²) in [5.74, 6) is -0.284. The molecule has 0 saturated carbocycles.